The van der Waals surface area contributed by atoms with Crippen LogP contribution in [0.15, 0.2) is 34.0 Å². The molecule has 2 aromatic heterocycles. The zero-order chi connectivity index (χ0) is 20.9. The number of aromatic hydroxyl groups is 1. The predicted molar refractivity (Wildman–Crippen MR) is 106 cm³/mol. The number of hydrazone groups is 1. The Balaban J connectivity index is 1.59. The summed E-state index contributed by atoms with van der Waals surface area (Å²) in [5, 5.41) is 28.9. The molecule has 0 unspecified atom stereocenters. The number of likely N-dealkylation sites (tertiary alicyclic amines) is 1. The zero-order valence-corrected chi connectivity index (χ0v) is 16.1. The van der Waals surface area contributed by atoms with E-state index < -0.39 is 5.91 Å². The number of amides is 1. The van der Waals surface area contributed by atoms with Gasteiger partial charge in [-0.05, 0) is 53.9 Å². The van der Waals surface area contributed by atoms with Crippen LogP contribution >= 0.6 is 0 Å². The molecule has 0 spiro atoms. The standard InChI is InChI=1S/C18H21N9O3/c19-16-17(24-30-23-16)27-15(14(21-25-27)11-26-7-2-1-3-8-26)18(29)22-20-10-12-5-4-6-13(28)9-12/h4-6,9-10,28H,1-3,7-8,11H2,(H2,19,23)(H,22,29)/b20-10-. The van der Waals surface area contributed by atoms with Gasteiger partial charge in [-0.1, -0.05) is 23.8 Å². The number of rotatable bonds is 6. The van der Waals surface area contributed by atoms with E-state index in [2.05, 4.69) is 40.7 Å². The van der Waals surface area contributed by atoms with Crippen molar-refractivity contribution in [1.29, 1.82) is 0 Å². The number of piperidine rings is 1. The van der Waals surface area contributed by atoms with Gasteiger partial charge in [0, 0.05) is 6.54 Å². The third-order valence-electron chi connectivity index (χ3n) is 4.72. The summed E-state index contributed by atoms with van der Waals surface area (Å²) in [7, 11) is 0. The van der Waals surface area contributed by atoms with E-state index in [4.69, 9.17) is 5.73 Å². The van der Waals surface area contributed by atoms with Crippen LogP contribution in [-0.4, -0.2) is 60.5 Å². The highest BCUT2D eigenvalue weighted by atomic mass is 16.6. The molecular formula is C18H21N9O3. The van der Waals surface area contributed by atoms with Gasteiger partial charge in [0.2, 0.25) is 11.6 Å². The van der Waals surface area contributed by atoms with Gasteiger partial charge in [-0.3, -0.25) is 9.69 Å². The zero-order valence-electron chi connectivity index (χ0n) is 16.1. The van der Waals surface area contributed by atoms with Crippen molar-refractivity contribution in [1.82, 2.24) is 35.6 Å². The number of phenols is 1. The lowest BCUT2D eigenvalue weighted by Gasteiger charge is -2.25. The lowest BCUT2D eigenvalue weighted by molar-refractivity contribution is 0.0944. The minimum Gasteiger partial charge on any atom is -0.508 e. The Kier molecular flexibility index (Phi) is 5.66. The molecule has 1 fully saturated rings. The number of aromatic nitrogens is 5. The number of nitrogen functional groups attached to an aromatic ring is 1. The van der Waals surface area contributed by atoms with Crippen LogP contribution in [0.1, 0.15) is 41.0 Å². The molecule has 0 bridgehead atoms. The van der Waals surface area contributed by atoms with Crippen LogP contribution in [-0.2, 0) is 6.54 Å². The fraction of sp³-hybridized carbons (Fsp3) is 0.333. The van der Waals surface area contributed by atoms with Crippen molar-refractivity contribution >= 4 is 17.9 Å². The number of phenolic OH excluding ortho intramolecular Hbond substituents is 1. The molecule has 0 atom stereocenters. The number of nitrogens with two attached hydrogens (primary N) is 1. The Morgan fingerprint density at radius 3 is 2.87 bits per heavy atom. The van der Waals surface area contributed by atoms with Gasteiger partial charge in [-0.15, -0.1) is 5.10 Å². The van der Waals surface area contributed by atoms with Crippen LogP contribution < -0.4 is 11.2 Å². The smallest absolute Gasteiger partial charge is 0.292 e. The van der Waals surface area contributed by atoms with Gasteiger partial charge in [0.05, 0.1) is 6.21 Å². The number of nitrogens with one attached hydrogen (secondary N) is 1. The van der Waals surface area contributed by atoms with Crippen molar-refractivity contribution in [3.05, 3.63) is 41.2 Å². The van der Waals surface area contributed by atoms with Gasteiger partial charge in [-0.2, -0.15) is 9.78 Å². The molecule has 4 rings (SSSR count). The van der Waals surface area contributed by atoms with E-state index in [0.29, 0.717) is 17.8 Å². The summed E-state index contributed by atoms with van der Waals surface area (Å²) in [4.78, 5) is 15.2. The molecule has 1 aliphatic rings. The van der Waals surface area contributed by atoms with Crippen LogP contribution in [0, 0.1) is 0 Å². The van der Waals surface area contributed by atoms with Gasteiger partial charge in [0.25, 0.3) is 5.91 Å². The van der Waals surface area contributed by atoms with Crippen molar-refractivity contribution in [2.75, 3.05) is 18.8 Å². The Morgan fingerprint density at radius 1 is 1.30 bits per heavy atom. The normalized spacial score (nSPS) is 14.9. The highest BCUT2D eigenvalue weighted by Gasteiger charge is 2.26. The van der Waals surface area contributed by atoms with Crippen LogP contribution in [0.2, 0.25) is 0 Å². The van der Waals surface area contributed by atoms with Crippen molar-refractivity contribution in [3.63, 3.8) is 0 Å². The van der Waals surface area contributed by atoms with E-state index in [-0.39, 0.29) is 23.1 Å². The van der Waals surface area contributed by atoms with Crippen molar-refractivity contribution in [2.24, 2.45) is 5.10 Å². The first kappa shape index (κ1) is 19.5. The molecule has 3 aromatic rings. The second kappa shape index (κ2) is 8.69. The quantitative estimate of drug-likeness (QED) is 0.391. The Bertz CT molecular complexity index is 1050. The molecule has 0 saturated carbocycles. The number of carbonyl (C=O) groups is 1. The Morgan fingerprint density at radius 2 is 2.13 bits per heavy atom. The lowest BCUT2D eigenvalue weighted by Crippen LogP contribution is -2.31. The second-order valence-electron chi connectivity index (χ2n) is 6.90. The number of carbonyl (C=O) groups excluding carboxylic acids is 1. The number of anilines is 1. The first-order valence-corrected chi connectivity index (χ1v) is 9.49. The van der Waals surface area contributed by atoms with Crippen LogP contribution in [0.5, 0.6) is 5.75 Å². The molecule has 12 heteroatoms. The monoisotopic (exact) mass is 411 g/mol. The maximum absolute atomic E-state index is 12.9. The number of benzene rings is 1. The molecule has 4 N–H and O–H groups in total. The van der Waals surface area contributed by atoms with Crippen molar-refractivity contribution in [2.45, 2.75) is 25.8 Å². The van der Waals surface area contributed by atoms with Crippen LogP contribution in [0.4, 0.5) is 5.82 Å². The molecule has 30 heavy (non-hydrogen) atoms. The molecule has 1 amide bonds. The summed E-state index contributed by atoms with van der Waals surface area (Å²) in [5.74, 6) is -0.368. The first-order valence-electron chi connectivity index (χ1n) is 9.49. The van der Waals surface area contributed by atoms with Gasteiger partial charge >= 0.3 is 0 Å². The maximum atomic E-state index is 12.9. The highest BCUT2D eigenvalue weighted by Crippen LogP contribution is 2.19. The predicted octanol–water partition coefficient (Wildman–Crippen LogP) is 0.688. The van der Waals surface area contributed by atoms with E-state index in [1.54, 1.807) is 18.2 Å². The van der Waals surface area contributed by atoms with Crippen molar-refractivity contribution < 1.29 is 14.5 Å². The highest BCUT2D eigenvalue weighted by molar-refractivity contribution is 5.95. The largest absolute Gasteiger partial charge is 0.508 e. The van der Waals surface area contributed by atoms with Gasteiger partial charge in [0.1, 0.15) is 11.4 Å². The summed E-state index contributed by atoms with van der Waals surface area (Å²) >= 11 is 0. The second-order valence-corrected chi connectivity index (χ2v) is 6.90. The van der Waals surface area contributed by atoms with E-state index in [9.17, 15) is 9.90 Å². The van der Waals surface area contributed by atoms with Gasteiger partial charge in [0.15, 0.2) is 5.69 Å². The molecule has 12 nitrogen and oxygen atoms in total. The minimum atomic E-state index is -0.536. The van der Waals surface area contributed by atoms with E-state index in [1.165, 1.54) is 23.4 Å². The molecule has 0 radical (unpaired) electrons. The molecule has 0 aliphatic carbocycles. The van der Waals surface area contributed by atoms with Gasteiger partial charge in [-0.25, -0.2) is 10.1 Å². The lowest BCUT2D eigenvalue weighted by atomic mass is 10.1. The topological polar surface area (TPSA) is 161 Å². The van der Waals surface area contributed by atoms with E-state index in [1.807, 2.05) is 0 Å². The fourth-order valence-corrected chi connectivity index (χ4v) is 3.29. The average Bonchev–Trinajstić information content (AvgIpc) is 3.34. The SMILES string of the molecule is Nc1nonc1-n1nnc(CN2CCCCC2)c1C(=O)N/N=C\c1cccc(O)c1. The summed E-state index contributed by atoms with van der Waals surface area (Å²) < 4.78 is 5.83. The van der Waals surface area contributed by atoms with E-state index in [0.717, 1.165) is 25.9 Å². The maximum Gasteiger partial charge on any atom is 0.292 e. The fourth-order valence-electron chi connectivity index (χ4n) is 3.29. The average molecular weight is 411 g/mol. The summed E-state index contributed by atoms with van der Waals surface area (Å²) in [5.41, 5.74) is 9.49. The first-order chi connectivity index (χ1) is 14.6. The number of hydrogen-bond acceptors (Lipinski definition) is 10. The molecule has 1 saturated heterocycles. The summed E-state index contributed by atoms with van der Waals surface area (Å²) in [6.07, 6.45) is 4.82. The van der Waals surface area contributed by atoms with Crippen LogP contribution in [0.3, 0.4) is 0 Å². The summed E-state index contributed by atoms with van der Waals surface area (Å²) in [6, 6.07) is 6.48. The number of hydrogen-bond donors (Lipinski definition) is 3. The van der Waals surface area contributed by atoms with Crippen LogP contribution in [0.25, 0.3) is 5.82 Å². The third kappa shape index (κ3) is 4.27. The van der Waals surface area contributed by atoms with Crippen molar-refractivity contribution in [3.8, 4) is 11.6 Å². The summed E-state index contributed by atoms with van der Waals surface area (Å²) in [6.45, 7) is 2.32. The van der Waals surface area contributed by atoms with E-state index >= 15 is 0 Å². The molecule has 3 heterocycles. The minimum absolute atomic E-state index is 0.0123. The van der Waals surface area contributed by atoms with Gasteiger partial charge < -0.3 is 10.8 Å². The number of nitrogens with zero attached hydrogens (tertiary/aromatic N) is 7. The molecule has 1 aliphatic heterocycles. The Hall–Kier alpha value is -3.80. The molecule has 156 valence electrons. The molecule has 1 aromatic carbocycles. The Labute approximate surface area is 171 Å². The third-order valence-corrected chi connectivity index (χ3v) is 4.72. The molecular weight excluding hydrogens is 390 g/mol.